The Balaban J connectivity index is 3.17. The summed E-state index contributed by atoms with van der Waals surface area (Å²) in [5, 5.41) is 0. The molecule has 0 aliphatic carbocycles. The van der Waals surface area contributed by atoms with E-state index in [1.165, 1.54) is 0 Å². The van der Waals surface area contributed by atoms with Crippen molar-refractivity contribution in [3.8, 4) is 0 Å². The number of nitrogens with zero attached hydrogens (tertiary/aromatic N) is 1. The van der Waals surface area contributed by atoms with Crippen LogP contribution in [0.2, 0.25) is 0 Å². The maximum atomic E-state index is 5.40. The summed E-state index contributed by atoms with van der Waals surface area (Å²) in [6.07, 6.45) is 1.67. The van der Waals surface area contributed by atoms with Crippen molar-refractivity contribution in [3.05, 3.63) is 15.4 Å². The number of nitrogen functional groups attached to an aromatic ring is 1. The van der Waals surface area contributed by atoms with Gasteiger partial charge in [-0.2, -0.15) is 0 Å². The first-order valence-electron chi connectivity index (χ1n) is 2.19. The number of anilines is 1. The number of nitrogens with two attached hydrogens (primary N) is 1. The number of H-pyrrole nitrogens is 1. The molecule has 1 aromatic rings. The Labute approximate surface area is 68.9 Å². The molecule has 0 atom stereocenters. The van der Waals surface area contributed by atoms with Crippen LogP contribution in [0.3, 0.4) is 0 Å². The van der Waals surface area contributed by atoms with Gasteiger partial charge in [0.05, 0.1) is 0 Å². The van der Waals surface area contributed by atoms with Gasteiger partial charge in [0.15, 0.2) is 4.60 Å². The van der Waals surface area contributed by atoms with Crippen LogP contribution in [-0.4, -0.2) is 4.98 Å². The normalized spacial score (nSPS) is 9.56. The van der Waals surface area contributed by atoms with E-state index in [1.807, 2.05) is 0 Å². The van der Waals surface area contributed by atoms with Gasteiger partial charge < -0.3 is 0 Å². The van der Waals surface area contributed by atoms with E-state index in [9.17, 15) is 0 Å². The fourth-order valence-electron chi connectivity index (χ4n) is 0.383. The van der Waals surface area contributed by atoms with Gasteiger partial charge in [-0.3, -0.25) is 5.73 Å². The predicted octanol–water partition coefficient (Wildman–Crippen LogP) is 1.00. The number of nitrogens with one attached hydrogen (secondary N) is 1. The second kappa shape index (κ2) is 2.62. The van der Waals surface area contributed by atoms with Gasteiger partial charge in [-0.05, 0) is 31.9 Å². The first-order valence-corrected chi connectivity index (χ1v) is 3.78. The van der Waals surface area contributed by atoms with E-state index in [2.05, 4.69) is 41.8 Å². The number of aromatic amines is 1. The first kappa shape index (κ1) is 6.95. The molecule has 0 saturated carbocycles. The molecule has 0 spiro atoms. The molecule has 0 aliphatic heterocycles. The molecule has 1 rings (SSSR count). The fraction of sp³-hybridized carbons (Fsp3) is 0. The van der Waals surface area contributed by atoms with Crippen LogP contribution in [0.25, 0.3) is 0 Å². The molecular formula is C4H4Br2N3+. The van der Waals surface area contributed by atoms with Crippen molar-refractivity contribution in [3.63, 3.8) is 0 Å². The van der Waals surface area contributed by atoms with Crippen molar-refractivity contribution in [1.82, 2.24) is 4.98 Å². The predicted molar refractivity (Wildman–Crippen MR) is 40.6 cm³/mol. The highest BCUT2D eigenvalue weighted by Gasteiger charge is 2.01. The third kappa shape index (κ3) is 1.62. The molecule has 0 saturated heterocycles. The highest BCUT2D eigenvalue weighted by Crippen LogP contribution is 2.12. The summed E-state index contributed by atoms with van der Waals surface area (Å²) in [4.78, 5) is 6.74. The van der Waals surface area contributed by atoms with Crippen LogP contribution in [0.1, 0.15) is 0 Å². The maximum absolute atomic E-state index is 5.40. The average molecular weight is 254 g/mol. The molecule has 0 radical (unpaired) electrons. The molecular weight excluding hydrogens is 250 g/mol. The third-order valence-corrected chi connectivity index (χ3v) is 1.78. The largest absolute Gasteiger partial charge is 0.303 e. The molecule has 5 heteroatoms. The summed E-state index contributed by atoms with van der Waals surface area (Å²) in [5.74, 6) is 0.526. The van der Waals surface area contributed by atoms with Crippen molar-refractivity contribution in [2.75, 3.05) is 5.73 Å². The Kier molecular flexibility index (Phi) is 2.02. The minimum Gasteiger partial charge on any atom is -0.285 e. The monoisotopic (exact) mass is 252 g/mol. The lowest BCUT2D eigenvalue weighted by molar-refractivity contribution is -0.363. The van der Waals surface area contributed by atoms with Crippen molar-refractivity contribution < 1.29 is 4.98 Å². The van der Waals surface area contributed by atoms with Gasteiger partial charge in [-0.25, -0.2) is 9.97 Å². The summed E-state index contributed by atoms with van der Waals surface area (Å²) in [7, 11) is 0. The highest BCUT2D eigenvalue weighted by molar-refractivity contribution is 9.11. The number of halogens is 2. The van der Waals surface area contributed by atoms with Crippen molar-refractivity contribution in [2.24, 2.45) is 0 Å². The van der Waals surface area contributed by atoms with Crippen LogP contribution in [0, 0.1) is 0 Å². The molecule has 0 aromatic carbocycles. The number of rotatable bonds is 0. The van der Waals surface area contributed by atoms with E-state index in [0.717, 1.165) is 4.60 Å². The van der Waals surface area contributed by atoms with Gasteiger partial charge in [0.2, 0.25) is 0 Å². The zero-order chi connectivity index (χ0) is 6.85. The van der Waals surface area contributed by atoms with E-state index >= 15 is 0 Å². The van der Waals surface area contributed by atoms with Crippen LogP contribution in [0.15, 0.2) is 15.4 Å². The number of hydrogen-bond donors (Lipinski definition) is 1. The number of hydrogen-bond acceptors (Lipinski definition) is 2. The molecule has 0 fully saturated rings. The summed E-state index contributed by atoms with van der Waals surface area (Å²) in [6, 6.07) is 0. The average Bonchev–Trinajstić information content (AvgIpc) is 1.80. The number of aromatic nitrogens is 2. The zero-order valence-corrected chi connectivity index (χ0v) is 7.53. The molecule has 0 amide bonds. The van der Waals surface area contributed by atoms with E-state index in [-0.39, 0.29) is 0 Å². The zero-order valence-electron chi connectivity index (χ0n) is 4.36. The van der Waals surface area contributed by atoms with E-state index in [1.54, 1.807) is 6.20 Å². The van der Waals surface area contributed by atoms with Crippen LogP contribution in [0.5, 0.6) is 0 Å². The topological polar surface area (TPSA) is 53.0 Å². The Morgan fingerprint density at radius 2 is 2.22 bits per heavy atom. The summed E-state index contributed by atoms with van der Waals surface area (Å²) >= 11 is 6.32. The lowest BCUT2D eigenvalue weighted by Gasteiger charge is -1.88. The smallest absolute Gasteiger partial charge is 0.285 e. The van der Waals surface area contributed by atoms with Crippen LogP contribution >= 0.6 is 31.9 Å². The summed E-state index contributed by atoms with van der Waals surface area (Å²) in [5.41, 5.74) is 5.40. The fourth-order valence-corrected chi connectivity index (χ4v) is 1.22. The van der Waals surface area contributed by atoms with Gasteiger partial charge in [-0.15, -0.1) is 0 Å². The van der Waals surface area contributed by atoms with Gasteiger partial charge in [0, 0.05) is 0 Å². The lowest BCUT2D eigenvalue weighted by atomic mass is 10.7. The molecule has 1 heterocycles. The standard InChI is InChI=1S/C4H3Br2N3/c5-2-1-8-4(7)3(6)9-2/h1H,(H2,7,8)/p+1. The first-order chi connectivity index (χ1) is 4.20. The Bertz CT molecular complexity index is 225. The van der Waals surface area contributed by atoms with E-state index in [0.29, 0.717) is 10.4 Å². The quantitative estimate of drug-likeness (QED) is 0.750. The van der Waals surface area contributed by atoms with Crippen molar-refractivity contribution in [1.29, 1.82) is 0 Å². The second-order valence-corrected chi connectivity index (χ2v) is 2.99. The van der Waals surface area contributed by atoms with Crippen LogP contribution < -0.4 is 10.7 Å². The SMILES string of the molecule is Nc1[nH+]cc(Br)nc1Br. The third-order valence-electron chi connectivity index (χ3n) is 0.774. The van der Waals surface area contributed by atoms with E-state index in [4.69, 9.17) is 5.73 Å². The van der Waals surface area contributed by atoms with Crippen LogP contribution in [-0.2, 0) is 0 Å². The molecule has 48 valence electrons. The minimum atomic E-state index is 0.526. The molecule has 0 aliphatic rings. The Hall–Kier alpha value is -0.160. The Morgan fingerprint density at radius 3 is 2.67 bits per heavy atom. The van der Waals surface area contributed by atoms with Crippen molar-refractivity contribution >= 4 is 37.7 Å². The molecule has 0 unspecified atom stereocenters. The molecule has 0 bridgehead atoms. The lowest BCUT2D eigenvalue weighted by Crippen LogP contribution is -2.11. The van der Waals surface area contributed by atoms with Crippen molar-refractivity contribution in [2.45, 2.75) is 0 Å². The van der Waals surface area contributed by atoms with Gasteiger partial charge >= 0.3 is 5.82 Å². The van der Waals surface area contributed by atoms with Gasteiger partial charge in [0.1, 0.15) is 10.8 Å². The molecule has 1 aromatic heterocycles. The van der Waals surface area contributed by atoms with Gasteiger partial charge in [-0.1, -0.05) is 0 Å². The summed E-state index contributed by atoms with van der Waals surface area (Å²) < 4.78 is 1.35. The highest BCUT2D eigenvalue weighted by atomic mass is 79.9. The molecule has 3 N–H and O–H groups in total. The second-order valence-electron chi connectivity index (χ2n) is 1.43. The Morgan fingerprint density at radius 1 is 1.56 bits per heavy atom. The minimum absolute atomic E-state index is 0.526. The molecule has 9 heavy (non-hydrogen) atoms. The summed E-state index contributed by atoms with van der Waals surface area (Å²) in [6.45, 7) is 0. The van der Waals surface area contributed by atoms with Crippen LogP contribution in [0.4, 0.5) is 5.82 Å². The molecule has 3 nitrogen and oxygen atoms in total. The maximum Gasteiger partial charge on any atom is 0.303 e. The van der Waals surface area contributed by atoms with Gasteiger partial charge in [0.25, 0.3) is 0 Å². The van der Waals surface area contributed by atoms with E-state index < -0.39 is 0 Å².